The summed E-state index contributed by atoms with van der Waals surface area (Å²) in [7, 11) is 1.59. The Hall–Kier alpha value is -3.30. The number of aryl methyl sites for hydroxylation is 1. The first-order valence-electron chi connectivity index (χ1n) is 10.7. The molecule has 0 saturated carbocycles. The van der Waals surface area contributed by atoms with Crippen molar-refractivity contribution < 1.29 is 23.1 Å². The fraction of sp³-hybridized carbons (Fsp3) is 0.292. The van der Waals surface area contributed by atoms with E-state index in [4.69, 9.17) is 22.1 Å². The van der Waals surface area contributed by atoms with E-state index in [0.29, 0.717) is 17.4 Å². The average Bonchev–Trinajstić information content (AvgIpc) is 2.81. The summed E-state index contributed by atoms with van der Waals surface area (Å²) in [5.41, 5.74) is 6.21. The van der Waals surface area contributed by atoms with E-state index in [1.807, 2.05) is 0 Å². The maximum atomic E-state index is 13.6. The van der Waals surface area contributed by atoms with Gasteiger partial charge < -0.3 is 15.4 Å². The molecule has 0 aliphatic rings. The van der Waals surface area contributed by atoms with Crippen LogP contribution in [0.25, 0.3) is 10.8 Å². The summed E-state index contributed by atoms with van der Waals surface area (Å²) in [4.78, 5) is 30.5. The zero-order valence-corrected chi connectivity index (χ0v) is 19.3. The number of halogens is 3. The first kappa shape index (κ1) is 25.3. The van der Waals surface area contributed by atoms with Crippen LogP contribution in [-0.2, 0) is 16.0 Å². The predicted molar refractivity (Wildman–Crippen MR) is 127 cm³/mol. The predicted octanol–water partition coefficient (Wildman–Crippen LogP) is 4.52. The van der Waals surface area contributed by atoms with Gasteiger partial charge in [-0.2, -0.15) is 0 Å². The summed E-state index contributed by atoms with van der Waals surface area (Å²) >= 11 is 5.95. The van der Waals surface area contributed by atoms with Gasteiger partial charge >= 0.3 is 6.09 Å². The molecule has 1 heterocycles. The summed E-state index contributed by atoms with van der Waals surface area (Å²) in [5.74, 6) is -0.952. The van der Waals surface area contributed by atoms with E-state index in [0.717, 1.165) is 5.39 Å². The summed E-state index contributed by atoms with van der Waals surface area (Å²) in [6, 6.07) is 9.79. The summed E-state index contributed by atoms with van der Waals surface area (Å²) in [5, 5.41) is 3.80. The number of nitrogens with two attached hydrogens (primary N) is 1. The van der Waals surface area contributed by atoms with Gasteiger partial charge in [0.15, 0.2) is 0 Å². The van der Waals surface area contributed by atoms with Crippen LogP contribution in [0.4, 0.5) is 19.4 Å². The Morgan fingerprint density at radius 1 is 1.21 bits per heavy atom. The minimum atomic E-state index is -0.766. The molecule has 34 heavy (non-hydrogen) atoms. The highest BCUT2D eigenvalue weighted by Gasteiger charge is 2.21. The number of pyridine rings is 1. The second-order valence-corrected chi connectivity index (χ2v) is 8.11. The smallest absolute Gasteiger partial charge is 0.412 e. The second kappa shape index (κ2) is 11.7. The van der Waals surface area contributed by atoms with Gasteiger partial charge in [0.05, 0.1) is 11.1 Å². The zero-order valence-electron chi connectivity index (χ0n) is 18.6. The number of benzene rings is 2. The van der Waals surface area contributed by atoms with Crippen molar-refractivity contribution in [3.05, 3.63) is 70.9 Å². The molecule has 2 amide bonds. The van der Waals surface area contributed by atoms with Crippen molar-refractivity contribution in [2.75, 3.05) is 25.5 Å². The van der Waals surface area contributed by atoms with E-state index >= 15 is 0 Å². The molecule has 0 unspecified atom stereocenters. The lowest BCUT2D eigenvalue weighted by atomic mass is 10.1. The molecule has 1 atom stereocenters. The van der Waals surface area contributed by atoms with E-state index in [-0.39, 0.29) is 42.7 Å². The molecule has 0 spiro atoms. The van der Waals surface area contributed by atoms with Crippen LogP contribution in [0.2, 0.25) is 5.02 Å². The number of aromatic nitrogens is 1. The Balaban J connectivity index is 1.55. The standard InChI is InChI=1S/C24H25ClF2N4O3/c1-31(22(32)8-6-15-3-2-4-20(27)23(15)25)19(9-10-28)14-34-24(33)30-21-12-17-11-18(26)7-5-16(17)13-29-21/h2-5,7,11-13,19H,6,8-10,14,28H2,1H3,(H,29,30,33)/t19-/m0/s1. The average molecular weight is 491 g/mol. The maximum Gasteiger partial charge on any atom is 0.412 e. The number of carbonyl (C=O) groups excluding carboxylic acids is 2. The van der Waals surface area contributed by atoms with Crippen LogP contribution >= 0.6 is 11.6 Å². The number of anilines is 1. The van der Waals surface area contributed by atoms with Crippen molar-refractivity contribution in [3.8, 4) is 0 Å². The van der Waals surface area contributed by atoms with Gasteiger partial charge in [0.25, 0.3) is 0 Å². The molecule has 180 valence electrons. The van der Waals surface area contributed by atoms with Gasteiger partial charge in [0.2, 0.25) is 5.91 Å². The van der Waals surface area contributed by atoms with Crippen LogP contribution in [0, 0.1) is 11.6 Å². The fourth-order valence-electron chi connectivity index (χ4n) is 3.44. The lowest BCUT2D eigenvalue weighted by molar-refractivity contribution is -0.132. The molecule has 3 N–H and O–H groups in total. The molecule has 0 saturated heterocycles. The molecule has 0 radical (unpaired) electrons. The van der Waals surface area contributed by atoms with Gasteiger partial charge in [-0.05, 0) is 60.7 Å². The molecule has 0 bridgehead atoms. The van der Waals surface area contributed by atoms with Crippen molar-refractivity contribution in [2.24, 2.45) is 5.73 Å². The zero-order chi connectivity index (χ0) is 24.7. The number of nitrogens with one attached hydrogen (secondary N) is 1. The molecule has 10 heteroatoms. The number of ether oxygens (including phenoxy) is 1. The van der Waals surface area contributed by atoms with Crippen LogP contribution in [0.3, 0.4) is 0 Å². The number of nitrogens with zero attached hydrogens (tertiary/aromatic N) is 2. The number of rotatable bonds is 9. The first-order valence-corrected chi connectivity index (χ1v) is 11.0. The number of carbonyl (C=O) groups is 2. The van der Waals surface area contributed by atoms with Gasteiger partial charge in [0, 0.05) is 25.1 Å². The van der Waals surface area contributed by atoms with Crippen molar-refractivity contribution in [1.29, 1.82) is 0 Å². The Morgan fingerprint density at radius 2 is 2.00 bits per heavy atom. The monoisotopic (exact) mass is 490 g/mol. The Kier molecular flexibility index (Phi) is 8.72. The van der Waals surface area contributed by atoms with E-state index in [2.05, 4.69) is 10.3 Å². The number of hydrogen-bond acceptors (Lipinski definition) is 5. The number of fused-ring (bicyclic) bond motifs is 1. The van der Waals surface area contributed by atoms with E-state index in [1.165, 1.54) is 41.4 Å². The first-order chi connectivity index (χ1) is 16.3. The summed E-state index contributed by atoms with van der Waals surface area (Å²) in [6.07, 6.45) is 1.52. The van der Waals surface area contributed by atoms with Crippen LogP contribution in [0.5, 0.6) is 0 Å². The van der Waals surface area contributed by atoms with Gasteiger partial charge in [0.1, 0.15) is 24.1 Å². The molecule has 0 fully saturated rings. The van der Waals surface area contributed by atoms with Gasteiger partial charge in [-0.15, -0.1) is 0 Å². The highest BCUT2D eigenvalue weighted by atomic mass is 35.5. The van der Waals surface area contributed by atoms with Crippen LogP contribution in [0.15, 0.2) is 48.7 Å². The quantitative estimate of drug-likeness (QED) is 0.459. The van der Waals surface area contributed by atoms with E-state index in [1.54, 1.807) is 19.2 Å². The topological polar surface area (TPSA) is 97.5 Å². The number of hydrogen-bond donors (Lipinski definition) is 2. The molecule has 0 aliphatic carbocycles. The lowest BCUT2D eigenvalue weighted by Gasteiger charge is -2.27. The Bertz CT molecular complexity index is 1180. The molecule has 2 aromatic carbocycles. The van der Waals surface area contributed by atoms with Gasteiger partial charge in [-0.3, -0.25) is 10.1 Å². The molecular weight excluding hydrogens is 466 g/mol. The van der Waals surface area contributed by atoms with Crippen molar-refractivity contribution >= 4 is 40.2 Å². The number of likely N-dealkylation sites (N-methyl/N-ethyl adjacent to an activating group) is 1. The fourth-order valence-corrected chi connectivity index (χ4v) is 3.66. The Morgan fingerprint density at radius 3 is 2.76 bits per heavy atom. The van der Waals surface area contributed by atoms with Crippen molar-refractivity contribution in [1.82, 2.24) is 9.88 Å². The highest BCUT2D eigenvalue weighted by Crippen LogP contribution is 2.21. The summed E-state index contributed by atoms with van der Waals surface area (Å²) < 4.78 is 32.3. The van der Waals surface area contributed by atoms with Gasteiger partial charge in [-0.1, -0.05) is 23.7 Å². The molecule has 3 aromatic rings. The maximum absolute atomic E-state index is 13.6. The molecule has 1 aromatic heterocycles. The minimum Gasteiger partial charge on any atom is -0.447 e. The Labute approximate surface area is 200 Å². The third kappa shape index (κ3) is 6.61. The molecule has 7 nitrogen and oxygen atoms in total. The van der Waals surface area contributed by atoms with Gasteiger partial charge in [-0.25, -0.2) is 18.6 Å². The van der Waals surface area contributed by atoms with Crippen LogP contribution in [-0.4, -0.2) is 48.1 Å². The minimum absolute atomic E-state index is 0.00139. The second-order valence-electron chi connectivity index (χ2n) is 7.73. The lowest BCUT2D eigenvalue weighted by Crippen LogP contribution is -2.42. The van der Waals surface area contributed by atoms with E-state index in [9.17, 15) is 18.4 Å². The van der Waals surface area contributed by atoms with Crippen molar-refractivity contribution in [2.45, 2.75) is 25.3 Å². The largest absolute Gasteiger partial charge is 0.447 e. The third-order valence-electron chi connectivity index (χ3n) is 5.40. The molecule has 3 rings (SSSR count). The van der Waals surface area contributed by atoms with E-state index < -0.39 is 23.8 Å². The molecule has 0 aliphatic heterocycles. The third-order valence-corrected chi connectivity index (χ3v) is 5.82. The molecular formula is C24H25ClF2N4O3. The van der Waals surface area contributed by atoms with Crippen molar-refractivity contribution in [3.63, 3.8) is 0 Å². The SMILES string of the molecule is CN(C(=O)CCc1cccc(F)c1Cl)[C@@H](CCN)COC(=O)Nc1cc2cc(F)ccc2cn1. The van der Waals surface area contributed by atoms with Crippen LogP contribution < -0.4 is 11.1 Å². The van der Waals surface area contributed by atoms with Crippen LogP contribution in [0.1, 0.15) is 18.4 Å². The highest BCUT2D eigenvalue weighted by molar-refractivity contribution is 6.31. The normalized spacial score (nSPS) is 11.8. The summed E-state index contributed by atoms with van der Waals surface area (Å²) in [6.45, 7) is 0.189. The number of amides is 2.